The molecule has 0 aromatic carbocycles. The van der Waals surface area contributed by atoms with E-state index < -0.39 is 0 Å². The van der Waals surface area contributed by atoms with Gasteiger partial charge in [0.25, 0.3) is 0 Å². The molecule has 0 radical (unpaired) electrons. The first-order chi connectivity index (χ1) is 6.98. The monoisotopic (exact) mass is 206 g/mol. The summed E-state index contributed by atoms with van der Waals surface area (Å²) < 4.78 is 13.5. The molecule has 0 fully saturated rings. The first-order valence-corrected chi connectivity index (χ1v) is 5.03. The van der Waals surface area contributed by atoms with Crippen LogP contribution < -0.4 is 0 Å². The largest absolute Gasteiger partial charge is 0.257 e. The van der Waals surface area contributed by atoms with Crippen LogP contribution in [0.2, 0.25) is 0 Å². The Labute approximate surface area is 89.8 Å². The molecule has 0 aliphatic carbocycles. The van der Waals surface area contributed by atoms with Gasteiger partial charge in [-0.05, 0) is 17.9 Å². The van der Waals surface area contributed by atoms with E-state index in [1.807, 2.05) is 6.07 Å². The van der Waals surface area contributed by atoms with Gasteiger partial charge in [-0.15, -0.1) is 0 Å². The third-order valence-electron chi connectivity index (χ3n) is 2.65. The lowest BCUT2D eigenvalue weighted by molar-refractivity contribution is 0.339. The first kappa shape index (κ1) is 11.6. The normalized spacial score (nSPS) is 11.1. The van der Waals surface area contributed by atoms with Gasteiger partial charge in [0, 0.05) is 6.20 Å². The Morgan fingerprint density at radius 3 is 2.67 bits per heavy atom. The Bertz CT molecular complexity index is 391. The van der Waals surface area contributed by atoms with Gasteiger partial charge in [0.15, 0.2) is 0 Å². The number of nitrogens with zero attached hydrogens (tertiary/aromatic N) is 2. The molecule has 0 aliphatic rings. The van der Waals surface area contributed by atoms with Crippen LogP contribution in [0.5, 0.6) is 0 Å². The van der Waals surface area contributed by atoms with Crippen molar-refractivity contribution in [3.05, 3.63) is 29.3 Å². The molecule has 0 unspecified atom stereocenters. The van der Waals surface area contributed by atoms with Gasteiger partial charge in [0.2, 0.25) is 0 Å². The Balaban J connectivity index is 2.93. The molecule has 0 saturated carbocycles. The number of pyridine rings is 1. The molecule has 1 rings (SSSR count). The zero-order valence-electron chi connectivity index (χ0n) is 9.34. The maximum atomic E-state index is 13.5. The topological polar surface area (TPSA) is 36.7 Å². The Hall–Kier alpha value is -1.43. The van der Waals surface area contributed by atoms with E-state index in [0.29, 0.717) is 12.1 Å². The fourth-order valence-electron chi connectivity index (χ4n) is 1.24. The van der Waals surface area contributed by atoms with Crippen molar-refractivity contribution in [1.82, 2.24) is 4.98 Å². The van der Waals surface area contributed by atoms with Crippen molar-refractivity contribution < 1.29 is 4.39 Å². The maximum absolute atomic E-state index is 13.5. The van der Waals surface area contributed by atoms with Crippen LogP contribution in [0, 0.1) is 22.6 Å². The molecule has 1 heterocycles. The van der Waals surface area contributed by atoms with E-state index in [-0.39, 0.29) is 16.8 Å². The summed E-state index contributed by atoms with van der Waals surface area (Å²) in [7, 11) is 0. The fraction of sp³-hybridized carbons (Fsp3) is 0.500. The summed E-state index contributed by atoms with van der Waals surface area (Å²) in [6.45, 7) is 6.22. The van der Waals surface area contributed by atoms with E-state index >= 15 is 0 Å². The minimum Gasteiger partial charge on any atom is -0.257 e. The average molecular weight is 206 g/mol. The van der Waals surface area contributed by atoms with Gasteiger partial charge in [-0.25, -0.2) is 4.39 Å². The van der Waals surface area contributed by atoms with Gasteiger partial charge in [0.1, 0.15) is 11.9 Å². The van der Waals surface area contributed by atoms with Crippen molar-refractivity contribution in [3.63, 3.8) is 0 Å². The van der Waals surface area contributed by atoms with Crippen LogP contribution in [0.15, 0.2) is 12.3 Å². The quantitative estimate of drug-likeness (QED) is 0.762. The Morgan fingerprint density at radius 1 is 1.53 bits per heavy atom. The van der Waals surface area contributed by atoms with Gasteiger partial charge in [-0.1, -0.05) is 27.2 Å². The number of halogens is 1. The number of nitriles is 1. The molecule has 0 spiro atoms. The molecule has 0 atom stereocenters. The van der Waals surface area contributed by atoms with Gasteiger partial charge in [-0.3, -0.25) is 4.98 Å². The standard InChI is InChI=1S/C12H15FN2/c1-4-12(2,3)6-11-10(13)5-9(7-14)8-15-11/h5,8H,4,6H2,1-3H3. The molecule has 3 heteroatoms. The van der Waals surface area contributed by atoms with Crippen molar-refractivity contribution in [1.29, 1.82) is 5.26 Å². The van der Waals surface area contributed by atoms with Crippen LogP contribution in [0.3, 0.4) is 0 Å². The Kier molecular flexibility index (Phi) is 3.41. The molecule has 0 aliphatic heterocycles. The van der Waals surface area contributed by atoms with E-state index in [2.05, 4.69) is 25.8 Å². The summed E-state index contributed by atoms with van der Waals surface area (Å²) in [5.41, 5.74) is 0.758. The number of rotatable bonds is 3. The third kappa shape index (κ3) is 3.02. The molecular weight excluding hydrogens is 191 g/mol. The van der Waals surface area contributed by atoms with Gasteiger partial charge < -0.3 is 0 Å². The van der Waals surface area contributed by atoms with E-state index in [4.69, 9.17) is 5.26 Å². The van der Waals surface area contributed by atoms with Crippen LogP contribution in [0.25, 0.3) is 0 Å². The third-order valence-corrected chi connectivity index (χ3v) is 2.65. The van der Waals surface area contributed by atoms with Crippen molar-refractivity contribution in [3.8, 4) is 6.07 Å². The van der Waals surface area contributed by atoms with Gasteiger partial charge in [0.05, 0.1) is 11.3 Å². The van der Waals surface area contributed by atoms with Gasteiger partial charge >= 0.3 is 0 Å². The highest BCUT2D eigenvalue weighted by Gasteiger charge is 2.19. The van der Waals surface area contributed by atoms with Crippen LogP contribution in [0.1, 0.15) is 38.4 Å². The summed E-state index contributed by atoms with van der Waals surface area (Å²) in [6, 6.07) is 3.11. The van der Waals surface area contributed by atoms with Crippen molar-refractivity contribution in [2.75, 3.05) is 0 Å². The second-order valence-electron chi connectivity index (χ2n) is 4.46. The molecule has 0 saturated heterocycles. The minimum absolute atomic E-state index is 0.0437. The predicted octanol–water partition coefficient (Wildman–Crippen LogP) is 3.07. The highest BCUT2D eigenvalue weighted by molar-refractivity contribution is 5.27. The summed E-state index contributed by atoms with van der Waals surface area (Å²) in [5, 5.41) is 8.58. The number of hydrogen-bond donors (Lipinski definition) is 0. The second kappa shape index (κ2) is 4.39. The predicted molar refractivity (Wildman–Crippen MR) is 56.7 cm³/mol. The van der Waals surface area contributed by atoms with Crippen molar-refractivity contribution >= 4 is 0 Å². The SMILES string of the molecule is CCC(C)(C)Cc1ncc(C#N)cc1F. The zero-order chi connectivity index (χ0) is 11.5. The molecule has 1 aromatic rings. The summed E-state index contributed by atoms with van der Waals surface area (Å²) in [4.78, 5) is 3.98. The second-order valence-corrected chi connectivity index (χ2v) is 4.46. The molecule has 80 valence electrons. The molecule has 0 N–H and O–H groups in total. The van der Waals surface area contributed by atoms with Crippen molar-refractivity contribution in [2.45, 2.75) is 33.6 Å². The van der Waals surface area contributed by atoms with E-state index in [1.54, 1.807) is 0 Å². The Morgan fingerprint density at radius 2 is 2.20 bits per heavy atom. The summed E-state index contributed by atoms with van der Waals surface area (Å²) >= 11 is 0. The lowest BCUT2D eigenvalue weighted by atomic mass is 9.85. The molecule has 1 aromatic heterocycles. The van der Waals surface area contributed by atoms with Crippen LogP contribution in [-0.4, -0.2) is 4.98 Å². The van der Waals surface area contributed by atoms with Crippen LogP contribution in [0.4, 0.5) is 4.39 Å². The average Bonchev–Trinajstić information content (AvgIpc) is 2.21. The minimum atomic E-state index is -0.379. The fourth-order valence-corrected chi connectivity index (χ4v) is 1.24. The number of hydrogen-bond acceptors (Lipinski definition) is 2. The molecule has 2 nitrogen and oxygen atoms in total. The molecular formula is C12H15FN2. The van der Waals surface area contributed by atoms with Crippen molar-refractivity contribution in [2.24, 2.45) is 5.41 Å². The van der Waals surface area contributed by atoms with Crippen LogP contribution >= 0.6 is 0 Å². The van der Waals surface area contributed by atoms with E-state index in [1.165, 1.54) is 12.3 Å². The lowest BCUT2D eigenvalue weighted by Crippen LogP contribution is -2.15. The summed E-state index contributed by atoms with van der Waals surface area (Å²) in [6.07, 6.45) is 2.99. The highest BCUT2D eigenvalue weighted by atomic mass is 19.1. The van der Waals surface area contributed by atoms with E-state index in [9.17, 15) is 4.39 Å². The molecule has 0 amide bonds. The summed E-state index contributed by atoms with van der Waals surface area (Å²) in [5.74, 6) is -0.379. The zero-order valence-corrected chi connectivity index (χ0v) is 9.34. The number of aromatic nitrogens is 1. The molecule has 0 bridgehead atoms. The van der Waals surface area contributed by atoms with Gasteiger partial charge in [-0.2, -0.15) is 5.26 Å². The first-order valence-electron chi connectivity index (χ1n) is 5.03. The van der Waals surface area contributed by atoms with E-state index in [0.717, 1.165) is 6.42 Å². The lowest BCUT2D eigenvalue weighted by Gasteiger charge is -2.21. The van der Waals surface area contributed by atoms with Crippen LogP contribution in [-0.2, 0) is 6.42 Å². The smallest absolute Gasteiger partial charge is 0.146 e. The highest BCUT2D eigenvalue weighted by Crippen LogP contribution is 2.25. The molecule has 15 heavy (non-hydrogen) atoms. The maximum Gasteiger partial charge on any atom is 0.146 e.